The normalized spacial score (nSPS) is 21.3. The van der Waals surface area contributed by atoms with Gasteiger partial charge in [0.1, 0.15) is 0 Å². The molecule has 2 nitrogen and oxygen atoms in total. The van der Waals surface area contributed by atoms with Crippen molar-refractivity contribution in [1.29, 1.82) is 5.26 Å². The van der Waals surface area contributed by atoms with Crippen LogP contribution < -0.4 is 0 Å². The predicted molar refractivity (Wildman–Crippen MR) is 89.4 cm³/mol. The van der Waals surface area contributed by atoms with Crippen LogP contribution in [0.2, 0.25) is 0 Å². The molecule has 1 fully saturated rings. The molecule has 3 rings (SSSR count). The first-order valence-corrected chi connectivity index (χ1v) is 8.26. The lowest BCUT2D eigenvalue weighted by molar-refractivity contribution is 0.318. The molecule has 0 amide bonds. The maximum absolute atomic E-state index is 8.85. The average molecular weight is 290 g/mol. The lowest BCUT2D eigenvalue weighted by Crippen LogP contribution is -2.12. The largest absolute Gasteiger partial charge is 0.256 e. The van der Waals surface area contributed by atoms with Gasteiger partial charge in [0.25, 0.3) is 0 Å². The highest BCUT2D eigenvalue weighted by Crippen LogP contribution is 2.36. The molecule has 0 bridgehead atoms. The summed E-state index contributed by atoms with van der Waals surface area (Å²) in [5.41, 5.74) is 4.12. The van der Waals surface area contributed by atoms with E-state index in [0.717, 1.165) is 17.2 Å². The fraction of sp³-hybridized carbons (Fsp3) is 0.400. The summed E-state index contributed by atoms with van der Waals surface area (Å²) in [5.74, 6) is 1.62. The van der Waals surface area contributed by atoms with Gasteiger partial charge in [-0.25, -0.2) is 0 Å². The SMILES string of the molecule is CCC1CCC(c2ccc(-c3ccc(C#N)cc3)nc2)CC1. The van der Waals surface area contributed by atoms with Gasteiger partial charge in [-0.05, 0) is 61.3 Å². The van der Waals surface area contributed by atoms with Gasteiger partial charge in [0, 0.05) is 11.8 Å². The zero-order valence-corrected chi connectivity index (χ0v) is 13.1. The minimum absolute atomic E-state index is 0.685. The van der Waals surface area contributed by atoms with Crippen LogP contribution in [0.15, 0.2) is 42.6 Å². The Labute approximate surface area is 132 Å². The molecule has 1 aromatic carbocycles. The number of nitriles is 1. The van der Waals surface area contributed by atoms with E-state index < -0.39 is 0 Å². The van der Waals surface area contributed by atoms with Crippen molar-refractivity contribution < 1.29 is 0 Å². The van der Waals surface area contributed by atoms with Crippen molar-refractivity contribution in [2.75, 3.05) is 0 Å². The highest BCUT2D eigenvalue weighted by Gasteiger charge is 2.21. The van der Waals surface area contributed by atoms with E-state index in [2.05, 4.69) is 30.1 Å². The summed E-state index contributed by atoms with van der Waals surface area (Å²) in [7, 11) is 0. The van der Waals surface area contributed by atoms with Crippen molar-refractivity contribution in [2.24, 2.45) is 5.92 Å². The van der Waals surface area contributed by atoms with Gasteiger partial charge in [0.15, 0.2) is 0 Å². The van der Waals surface area contributed by atoms with Gasteiger partial charge < -0.3 is 0 Å². The molecular weight excluding hydrogens is 268 g/mol. The molecule has 0 radical (unpaired) electrons. The van der Waals surface area contributed by atoms with Crippen LogP contribution in [0.1, 0.15) is 56.1 Å². The van der Waals surface area contributed by atoms with Crippen molar-refractivity contribution in [3.05, 3.63) is 53.7 Å². The summed E-state index contributed by atoms with van der Waals surface area (Å²) in [6.45, 7) is 2.30. The zero-order chi connectivity index (χ0) is 15.4. The van der Waals surface area contributed by atoms with E-state index >= 15 is 0 Å². The first-order chi connectivity index (χ1) is 10.8. The Balaban J connectivity index is 1.71. The topological polar surface area (TPSA) is 36.7 Å². The molecule has 0 atom stereocenters. The fourth-order valence-electron chi connectivity index (χ4n) is 3.44. The standard InChI is InChI=1S/C20H22N2/c1-2-15-3-7-17(8-4-15)19-11-12-20(22-14-19)18-9-5-16(13-21)6-10-18/h5-6,9-12,14-15,17H,2-4,7-8H2,1H3. The third-order valence-corrected chi connectivity index (χ3v) is 4.99. The van der Waals surface area contributed by atoms with E-state index in [1.165, 1.54) is 37.7 Å². The van der Waals surface area contributed by atoms with Gasteiger partial charge >= 0.3 is 0 Å². The van der Waals surface area contributed by atoms with Crippen molar-refractivity contribution in [3.63, 3.8) is 0 Å². The highest BCUT2D eigenvalue weighted by atomic mass is 14.7. The number of hydrogen-bond acceptors (Lipinski definition) is 2. The Morgan fingerprint density at radius 3 is 2.32 bits per heavy atom. The summed E-state index contributed by atoms with van der Waals surface area (Å²) in [5, 5.41) is 8.85. The van der Waals surface area contributed by atoms with Gasteiger partial charge in [-0.1, -0.05) is 31.5 Å². The van der Waals surface area contributed by atoms with E-state index in [-0.39, 0.29) is 0 Å². The van der Waals surface area contributed by atoms with Crippen LogP contribution in [0.4, 0.5) is 0 Å². The molecule has 2 aromatic rings. The van der Waals surface area contributed by atoms with Crippen LogP contribution >= 0.6 is 0 Å². The summed E-state index contributed by atoms with van der Waals surface area (Å²) in [6.07, 6.45) is 8.69. The van der Waals surface area contributed by atoms with Crippen LogP contribution in [0.25, 0.3) is 11.3 Å². The van der Waals surface area contributed by atoms with Crippen molar-refractivity contribution in [1.82, 2.24) is 4.98 Å². The van der Waals surface area contributed by atoms with E-state index in [1.807, 2.05) is 30.5 Å². The maximum atomic E-state index is 8.85. The van der Waals surface area contributed by atoms with E-state index in [9.17, 15) is 0 Å². The van der Waals surface area contributed by atoms with Gasteiger partial charge in [0.2, 0.25) is 0 Å². The third kappa shape index (κ3) is 3.20. The molecule has 1 saturated carbocycles. The van der Waals surface area contributed by atoms with Gasteiger partial charge in [-0.2, -0.15) is 5.26 Å². The molecule has 1 aliphatic carbocycles. The van der Waals surface area contributed by atoms with Crippen LogP contribution in [-0.2, 0) is 0 Å². The number of nitrogens with zero attached hydrogens (tertiary/aromatic N) is 2. The molecule has 2 heteroatoms. The van der Waals surface area contributed by atoms with Crippen LogP contribution in [-0.4, -0.2) is 4.98 Å². The lowest BCUT2D eigenvalue weighted by atomic mass is 9.78. The highest BCUT2D eigenvalue weighted by molar-refractivity contribution is 5.60. The maximum Gasteiger partial charge on any atom is 0.0991 e. The minimum atomic E-state index is 0.685. The van der Waals surface area contributed by atoms with E-state index in [4.69, 9.17) is 5.26 Å². The van der Waals surface area contributed by atoms with Crippen LogP contribution in [0.5, 0.6) is 0 Å². The molecule has 22 heavy (non-hydrogen) atoms. The first kappa shape index (κ1) is 14.8. The van der Waals surface area contributed by atoms with E-state index in [1.54, 1.807) is 0 Å². The van der Waals surface area contributed by atoms with Gasteiger partial charge in [0.05, 0.1) is 17.3 Å². The number of pyridine rings is 1. The summed E-state index contributed by atoms with van der Waals surface area (Å²) < 4.78 is 0. The average Bonchev–Trinajstić information content (AvgIpc) is 2.62. The number of benzene rings is 1. The van der Waals surface area contributed by atoms with Crippen LogP contribution in [0.3, 0.4) is 0 Å². The first-order valence-electron chi connectivity index (χ1n) is 8.26. The molecule has 0 saturated heterocycles. The monoisotopic (exact) mass is 290 g/mol. The smallest absolute Gasteiger partial charge is 0.0991 e. The van der Waals surface area contributed by atoms with E-state index in [0.29, 0.717) is 11.5 Å². The summed E-state index contributed by atoms with van der Waals surface area (Å²) in [4.78, 5) is 4.64. The predicted octanol–water partition coefficient (Wildman–Crippen LogP) is 5.30. The molecule has 112 valence electrons. The minimum Gasteiger partial charge on any atom is -0.256 e. The number of rotatable bonds is 3. The zero-order valence-electron chi connectivity index (χ0n) is 13.1. The van der Waals surface area contributed by atoms with Crippen molar-refractivity contribution >= 4 is 0 Å². The Morgan fingerprint density at radius 2 is 1.77 bits per heavy atom. The Morgan fingerprint density at radius 1 is 1.05 bits per heavy atom. The second-order valence-electron chi connectivity index (χ2n) is 6.29. The number of hydrogen-bond donors (Lipinski definition) is 0. The number of aromatic nitrogens is 1. The third-order valence-electron chi connectivity index (χ3n) is 4.99. The van der Waals surface area contributed by atoms with Crippen molar-refractivity contribution in [3.8, 4) is 17.3 Å². The fourth-order valence-corrected chi connectivity index (χ4v) is 3.44. The molecule has 0 unspecified atom stereocenters. The molecule has 1 aliphatic rings. The Kier molecular flexibility index (Phi) is 4.53. The second kappa shape index (κ2) is 6.75. The quantitative estimate of drug-likeness (QED) is 0.768. The summed E-state index contributed by atoms with van der Waals surface area (Å²) in [6, 6.07) is 14.1. The molecular formula is C20H22N2. The second-order valence-corrected chi connectivity index (χ2v) is 6.29. The Hall–Kier alpha value is -2.14. The Bertz CT molecular complexity index is 642. The lowest BCUT2D eigenvalue weighted by Gasteiger charge is -2.27. The van der Waals surface area contributed by atoms with Gasteiger partial charge in [-0.3, -0.25) is 4.98 Å². The molecule has 0 spiro atoms. The molecule has 0 N–H and O–H groups in total. The van der Waals surface area contributed by atoms with Crippen LogP contribution in [0, 0.1) is 17.2 Å². The molecule has 1 heterocycles. The molecule has 0 aliphatic heterocycles. The van der Waals surface area contributed by atoms with Gasteiger partial charge in [-0.15, -0.1) is 0 Å². The van der Waals surface area contributed by atoms with Crippen molar-refractivity contribution in [2.45, 2.75) is 44.9 Å². The summed E-state index contributed by atoms with van der Waals surface area (Å²) >= 11 is 0. The molecule has 1 aromatic heterocycles.